The Kier molecular flexibility index (Phi) is 85.8. The van der Waals surface area contributed by atoms with E-state index in [0.29, 0.717) is 5.88 Å². The fourth-order valence-electron chi connectivity index (χ4n) is 0. The fraction of sp³-hybridized carbons (Fsp3) is 0.800. The first-order valence-corrected chi connectivity index (χ1v) is 5.49. The quantitative estimate of drug-likeness (QED) is 0.478. The molecule has 0 N–H and O–H groups in total. The predicted octanol–water partition coefficient (Wildman–Crippen LogP) is 6.56. The van der Waals surface area contributed by atoms with Crippen LogP contribution in [0.4, 0.5) is 13.5 Å². The van der Waals surface area contributed by atoms with Crippen LogP contribution in [-0.4, -0.2) is 23.3 Å². The lowest BCUT2D eigenvalue weighted by Crippen LogP contribution is -1.89. The highest BCUT2D eigenvalue weighted by Gasteiger charge is 1.87. The summed E-state index contributed by atoms with van der Waals surface area (Å²) in [6.45, 7) is 7.47. The second kappa shape index (κ2) is 36.1. The molecule has 0 saturated carbocycles. The van der Waals surface area contributed by atoms with Gasteiger partial charge in [-0.25, -0.2) is 8.78 Å². The third-order valence-corrected chi connectivity index (χ3v) is 1.63. The van der Waals surface area contributed by atoms with Gasteiger partial charge in [0.2, 0.25) is 0 Å². The third kappa shape index (κ3) is 175. The van der Waals surface area contributed by atoms with Gasteiger partial charge < -0.3 is 0 Å². The van der Waals surface area contributed by atoms with Gasteiger partial charge in [-0.05, 0) is 20.8 Å². The molecule has 2 atom stereocenters. The highest BCUT2D eigenvalue weighted by atomic mass is 35.5. The largest absolute Gasteiger partial charge is 0.269 e. The first-order valence-electron chi connectivity index (χ1n) is 3.98. The van der Waals surface area contributed by atoms with Crippen LogP contribution in [0.5, 0.6) is 0 Å². The van der Waals surface area contributed by atoms with Crippen molar-refractivity contribution in [2.24, 2.45) is 0 Å². The van der Waals surface area contributed by atoms with Crippen LogP contribution in [0.2, 0.25) is 0 Å². The Morgan fingerprint density at radius 2 is 1.28 bits per heavy atom. The van der Waals surface area contributed by atoms with Gasteiger partial charge in [-0.2, -0.15) is 0 Å². The highest BCUT2D eigenvalue weighted by molar-refractivity contribution is 6.27. The number of allylic oxidation sites excluding steroid dienone is 1. The molecule has 0 rings (SSSR count). The van der Waals surface area contributed by atoms with E-state index in [0.717, 1.165) is 0 Å². The molecule has 0 fully saturated rings. The van der Waals surface area contributed by atoms with Crippen LogP contribution in [0, 0.1) is 0 Å². The van der Waals surface area contributed by atoms with E-state index in [1.165, 1.54) is 13.8 Å². The molecule has 0 aromatic carbocycles. The molecule has 0 nitrogen and oxygen atoms in total. The summed E-state index contributed by atoms with van der Waals surface area (Å²) in [4.78, 5) is 0. The average molecular weight is 379 g/mol. The van der Waals surface area contributed by atoms with Gasteiger partial charge in [-0.1, -0.05) is 14.0 Å². The predicted molar refractivity (Wildman–Crippen MR) is 87.0 cm³/mol. The molecule has 0 radical (unpaired) electrons. The van der Waals surface area contributed by atoms with Crippen LogP contribution in [0.25, 0.3) is 0 Å². The molecular weight excluding hydrogens is 354 g/mol. The maximum absolute atomic E-state index is 11.3. The molecule has 8 heteroatoms. The first-order chi connectivity index (χ1) is 6.27. The van der Waals surface area contributed by atoms with Crippen molar-refractivity contribution in [1.82, 2.24) is 0 Å². The normalized spacial score (nSPS) is 9.78. The maximum atomic E-state index is 11.3. The van der Waals surface area contributed by atoms with E-state index in [2.05, 4.69) is 6.58 Å². The molecule has 0 aliphatic heterocycles. The number of hydrogen-bond donors (Lipinski definition) is 0. The van der Waals surface area contributed by atoms with Crippen molar-refractivity contribution in [3.05, 3.63) is 12.4 Å². The maximum Gasteiger partial charge on any atom is 0.111 e. The lowest BCUT2D eigenvalue weighted by atomic mass is 10.5. The monoisotopic (exact) mass is 376 g/mol. The Balaban J connectivity index is -0.0000000183. The van der Waals surface area contributed by atoms with E-state index in [1.54, 1.807) is 0 Å². The van der Waals surface area contributed by atoms with Crippen molar-refractivity contribution in [2.75, 3.05) is 11.8 Å². The fourth-order valence-corrected chi connectivity index (χ4v) is 0. The molecule has 0 aromatic rings. The van der Waals surface area contributed by atoms with E-state index in [-0.39, 0.29) is 54.0 Å². The number of alkyl halides is 4. The molecule has 120 valence electrons. The minimum atomic E-state index is -0.850. The summed E-state index contributed by atoms with van der Waals surface area (Å²) in [6.07, 6.45) is -0.850. The molecular formula is C10H24Cl5F3. The SMILES string of the molecule is C.C=C(C)F.CC(Cl)CCl.CC(F)CCl.Cl.Cl.F. The molecule has 2 unspecified atom stereocenters. The topological polar surface area (TPSA) is 0 Å². The van der Waals surface area contributed by atoms with Crippen molar-refractivity contribution >= 4 is 59.6 Å². The second-order valence-corrected chi connectivity index (χ2v) is 3.91. The zero-order valence-corrected chi connectivity index (χ0v) is 13.8. The molecule has 0 aromatic heterocycles. The van der Waals surface area contributed by atoms with E-state index in [1.807, 2.05) is 6.92 Å². The van der Waals surface area contributed by atoms with Gasteiger partial charge in [-0.15, -0.1) is 59.6 Å². The summed E-state index contributed by atoms with van der Waals surface area (Å²) in [5.74, 6) is 0.321. The second-order valence-electron chi connectivity index (χ2n) is 2.55. The lowest BCUT2D eigenvalue weighted by molar-refractivity contribution is 0.396. The van der Waals surface area contributed by atoms with Gasteiger partial charge in [0.1, 0.15) is 6.17 Å². The average Bonchev–Trinajstić information content (AvgIpc) is 2.04. The Labute approximate surface area is 137 Å². The van der Waals surface area contributed by atoms with Gasteiger partial charge in [0.15, 0.2) is 0 Å². The summed E-state index contributed by atoms with van der Waals surface area (Å²) < 4.78 is 22.1. The molecule has 0 aliphatic carbocycles. The van der Waals surface area contributed by atoms with Crippen LogP contribution >= 0.6 is 59.6 Å². The summed E-state index contributed by atoms with van der Waals surface area (Å²) >= 11 is 15.5. The smallest absolute Gasteiger partial charge is 0.111 e. The van der Waals surface area contributed by atoms with Crippen LogP contribution in [0.1, 0.15) is 28.2 Å². The number of halogens is 8. The number of rotatable bonds is 2. The molecule has 0 bridgehead atoms. The van der Waals surface area contributed by atoms with Gasteiger partial charge >= 0.3 is 0 Å². The first kappa shape index (κ1) is 42.8. The van der Waals surface area contributed by atoms with Crippen molar-refractivity contribution in [3.8, 4) is 0 Å². The summed E-state index contributed by atoms with van der Waals surface area (Å²) in [5.41, 5.74) is 0. The Hall–Kier alpha value is 0.980. The molecule has 0 heterocycles. The van der Waals surface area contributed by atoms with Crippen LogP contribution in [-0.2, 0) is 0 Å². The van der Waals surface area contributed by atoms with E-state index >= 15 is 0 Å². The van der Waals surface area contributed by atoms with Crippen molar-refractivity contribution in [3.63, 3.8) is 0 Å². The standard InChI is InChI=1S/C3H6Cl2.C3H6ClF.C3H5F.CH4.2ClH.FH/c2*1-3(5)2-4;1-3(2)4;;;;/h2*3H,2H2,1H3;1H2,2H3;1H4;3*1H. The van der Waals surface area contributed by atoms with Crippen molar-refractivity contribution in [2.45, 2.75) is 39.7 Å². The Morgan fingerprint density at radius 1 is 1.17 bits per heavy atom. The molecule has 0 saturated heterocycles. The summed E-state index contributed by atoms with van der Waals surface area (Å²) in [6, 6.07) is 0. The van der Waals surface area contributed by atoms with Crippen molar-refractivity contribution < 1.29 is 13.5 Å². The molecule has 0 spiro atoms. The van der Waals surface area contributed by atoms with Crippen LogP contribution in [0.3, 0.4) is 0 Å². The summed E-state index contributed by atoms with van der Waals surface area (Å²) in [5, 5.41) is 0.122. The Morgan fingerprint density at radius 3 is 1.28 bits per heavy atom. The van der Waals surface area contributed by atoms with Crippen LogP contribution in [0.15, 0.2) is 12.4 Å². The lowest BCUT2D eigenvalue weighted by Gasteiger charge is -1.85. The minimum absolute atomic E-state index is 0. The third-order valence-electron chi connectivity index (χ3n) is 0.425. The van der Waals surface area contributed by atoms with Crippen molar-refractivity contribution in [1.29, 1.82) is 0 Å². The molecule has 0 aliphatic rings. The van der Waals surface area contributed by atoms with Gasteiger partial charge in [0, 0.05) is 11.3 Å². The zero-order chi connectivity index (χ0) is 12.1. The van der Waals surface area contributed by atoms with Crippen LogP contribution < -0.4 is 0 Å². The van der Waals surface area contributed by atoms with E-state index in [9.17, 15) is 8.78 Å². The number of hydrogen-bond acceptors (Lipinski definition) is 0. The Bertz CT molecular complexity index is 112. The molecule has 0 amide bonds. The summed E-state index contributed by atoms with van der Waals surface area (Å²) in [7, 11) is 0. The minimum Gasteiger partial charge on any atom is -0.269 e. The van der Waals surface area contributed by atoms with Gasteiger partial charge in [0.25, 0.3) is 0 Å². The van der Waals surface area contributed by atoms with Gasteiger partial charge in [0.05, 0.1) is 11.7 Å². The van der Waals surface area contributed by atoms with E-state index < -0.39 is 6.17 Å². The van der Waals surface area contributed by atoms with E-state index in [4.69, 9.17) is 34.8 Å². The van der Waals surface area contributed by atoms with Gasteiger partial charge in [-0.3, -0.25) is 4.70 Å². The highest BCUT2D eigenvalue weighted by Crippen LogP contribution is 1.93. The molecule has 18 heavy (non-hydrogen) atoms. The zero-order valence-electron chi connectivity index (χ0n) is 9.89.